The van der Waals surface area contributed by atoms with Crippen molar-refractivity contribution in [1.82, 2.24) is 4.98 Å². The Bertz CT molecular complexity index is 410. The highest BCUT2D eigenvalue weighted by Crippen LogP contribution is 2.22. The van der Waals surface area contributed by atoms with Crippen molar-refractivity contribution in [3.05, 3.63) is 24.0 Å². The molecule has 4 nitrogen and oxygen atoms in total. The third-order valence-electron chi connectivity index (χ3n) is 3.09. The topological polar surface area (TPSA) is 71.2 Å². The lowest BCUT2D eigenvalue weighted by Gasteiger charge is -2.29. The van der Waals surface area contributed by atoms with E-state index in [-0.39, 0.29) is 17.1 Å². The molecule has 17 heavy (non-hydrogen) atoms. The van der Waals surface area contributed by atoms with Gasteiger partial charge >= 0.3 is 0 Å². The summed E-state index contributed by atoms with van der Waals surface area (Å²) in [5, 5.41) is 13.2. The van der Waals surface area contributed by atoms with Crippen molar-refractivity contribution < 1.29 is 5.11 Å². The van der Waals surface area contributed by atoms with Crippen molar-refractivity contribution in [2.45, 2.75) is 37.8 Å². The molecule has 0 aliphatic heterocycles. The maximum atomic E-state index is 9.88. The van der Waals surface area contributed by atoms with Gasteiger partial charge in [-0.2, -0.15) is 0 Å². The first-order chi connectivity index (χ1) is 8.16. The monoisotopic (exact) mass is 251 g/mol. The molecule has 0 bridgehead atoms. The van der Waals surface area contributed by atoms with Gasteiger partial charge in [0, 0.05) is 11.9 Å². The second kappa shape index (κ2) is 5.42. The largest absolute Gasteiger partial charge is 0.391 e. The molecule has 0 saturated heterocycles. The van der Waals surface area contributed by atoms with Gasteiger partial charge in [-0.15, -0.1) is 0 Å². The standard InChI is InChI=1S/C12H17N3OS/c13-12(17)10-7-8(5-6-14-10)15-9-3-1-2-4-11(9)16/h5-7,9,11,16H,1-4H2,(H2,13,17)(H,14,15). The number of hydrogen-bond acceptors (Lipinski definition) is 4. The SMILES string of the molecule is NC(=S)c1cc(NC2CCCCC2O)ccn1. The van der Waals surface area contributed by atoms with Gasteiger partial charge in [-0.05, 0) is 25.0 Å². The van der Waals surface area contributed by atoms with E-state index in [1.165, 1.54) is 0 Å². The molecule has 92 valence electrons. The summed E-state index contributed by atoms with van der Waals surface area (Å²) in [5.41, 5.74) is 7.05. The summed E-state index contributed by atoms with van der Waals surface area (Å²) >= 11 is 4.89. The van der Waals surface area contributed by atoms with E-state index in [9.17, 15) is 5.11 Å². The van der Waals surface area contributed by atoms with Crippen molar-refractivity contribution in [2.24, 2.45) is 5.73 Å². The van der Waals surface area contributed by atoms with Crippen LogP contribution in [0, 0.1) is 0 Å². The van der Waals surface area contributed by atoms with Crippen LogP contribution < -0.4 is 11.1 Å². The van der Waals surface area contributed by atoms with Gasteiger partial charge in [-0.25, -0.2) is 0 Å². The van der Waals surface area contributed by atoms with Crippen LogP contribution in [0.4, 0.5) is 5.69 Å². The molecule has 5 heteroatoms. The number of aliphatic hydroxyl groups is 1. The van der Waals surface area contributed by atoms with E-state index >= 15 is 0 Å². The second-order valence-electron chi connectivity index (χ2n) is 4.40. The van der Waals surface area contributed by atoms with Crippen LogP contribution in [0.5, 0.6) is 0 Å². The molecule has 1 aromatic rings. The van der Waals surface area contributed by atoms with Crippen molar-refractivity contribution in [3.63, 3.8) is 0 Å². The number of pyridine rings is 1. The van der Waals surface area contributed by atoms with Crippen molar-refractivity contribution in [1.29, 1.82) is 0 Å². The molecule has 2 unspecified atom stereocenters. The maximum Gasteiger partial charge on any atom is 0.122 e. The number of nitrogens with zero attached hydrogens (tertiary/aromatic N) is 1. The highest BCUT2D eigenvalue weighted by atomic mass is 32.1. The molecular weight excluding hydrogens is 234 g/mol. The molecule has 0 spiro atoms. The Morgan fingerprint density at radius 2 is 2.24 bits per heavy atom. The second-order valence-corrected chi connectivity index (χ2v) is 4.84. The number of anilines is 1. The van der Waals surface area contributed by atoms with E-state index in [1.807, 2.05) is 12.1 Å². The third-order valence-corrected chi connectivity index (χ3v) is 3.30. The predicted octanol–water partition coefficient (Wildman–Crippen LogP) is 1.43. The number of rotatable bonds is 3. The van der Waals surface area contributed by atoms with E-state index in [1.54, 1.807) is 6.20 Å². The Morgan fingerprint density at radius 1 is 1.47 bits per heavy atom. The molecule has 2 atom stereocenters. The first-order valence-electron chi connectivity index (χ1n) is 5.87. The molecule has 1 aliphatic rings. The van der Waals surface area contributed by atoms with Gasteiger partial charge in [0.05, 0.1) is 17.8 Å². The Labute approximate surface area is 106 Å². The Balaban J connectivity index is 2.07. The number of nitrogens with two attached hydrogens (primary N) is 1. The Hall–Kier alpha value is -1.20. The van der Waals surface area contributed by atoms with Gasteiger partial charge in [0.1, 0.15) is 4.99 Å². The number of aliphatic hydroxyl groups excluding tert-OH is 1. The zero-order valence-corrected chi connectivity index (χ0v) is 10.4. The third kappa shape index (κ3) is 3.14. The molecule has 1 aromatic heterocycles. The summed E-state index contributed by atoms with van der Waals surface area (Å²) in [4.78, 5) is 4.37. The van der Waals surface area contributed by atoms with Crippen molar-refractivity contribution in [2.75, 3.05) is 5.32 Å². The Kier molecular flexibility index (Phi) is 3.91. The normalized spacial score (nSPS) is 24.3. The number of nitrogens with one attached hydrogen (secondary N) is 1. The number of thiocarbonyl (C=S) groups is 1. The van der Waals surface area contributed by atoms with Gasteiger partial charge < -0.3 is 16.2 Å². The smallest absolute Gasteiger partial charge is 0.122 e. The van der Waals surface area contributed by atoms with Crippen LogP contribution in [-0.4, -0.2) is 27.2 Å². The summed E-state index contributed by atoms with van der Waals surface area (Å²) in [6.45, 7) is 0. The van der Waals surface area contributed by atoms with Crippen LogP contribution >= 0.6 is 12.2 Å². The molecule has 1 aliphatic carbocycles. The van der Waals surface area contributed by atoms with Gasteiger partial charge in [-0.1, -0.05) is 25.1 Å². The summed E-state index contributed by atoms with van der Waals surface area (Å²) < 4.78 is 0. The minimum Gasteiger partial charge on any atom is -0.391 e. The first kappa shape index (κ1) is 12.3. The first-order valence-corrected chi connectivity index (χ1v) is 6.28. The number of aromatic nitrogens is 1. The molecular formula is C12H17N3OS. The fourth-order valence-electron chi connectivity index (χ4n) is 2.15. The molecule has 0 aromatic carbocycles. The van der Waals surface area contributed by atoms with Gasteiger partial charge in [0.2, 0.25) is 0 Å². The summed E-state index contributed by atoms with van der Waals surface area (Å²) in [6, 6.07) is 3.80. The maximum absolute atomic E-state index is 9.88. The molecule has 1 saturated carbocycles. The number of hydrogen-bond donors (Lipinski definition) is 3. The molecule has 1 fully saturated rings. The lowest BCUT2D eigenvalue weighted by molar-refractivity contribution is 0.116. The molecule has 4 N–H and O–H groups in total. The molecule has 1 heterocycles. The average molecular weight is 251 g/mol. The summed E-state index contributed by atoms with van der Waals surface area (Å²) in [6.07, 6.45) is 5.52. The zero-order valence-electron chi connectivity index (χ0n) is 9.60. The predicted molar refractivity (Wildman–Crippen MR) is 72.0 cm³/mol. The fourth-order valence-corrected chi connectivity index (χ4v) is 2.26. The van der Waals surface area contributed by atoms with Crippen molar-refractivity contribution in [3.8, 4) is 0 Å². The minimum atomic E-state index is -0.273. The lowest BCUT2D eigenvalue weighted by Crippen LogP contribution is -2.36. The summed E-state index contributed by atoms with van der Waals surface area (Å²) in [7, 11) is 0. The van der Waals surface area contributed by atoms with Crippen LogP contribution in [0.3, 0.4) is 0 Å². The van der Waals surface area contributed by atoms with E-state index < -0.39 is 0 Å². The van der Waals surface area contributed by atoms with E-state index in [0.29, 0.717) is 5.69 Å². The van der Waals surface area contributed by atoms with Gasteiger partial charge in [0.15, 0.2) is 0 Å². The van der Waals surface area contributed by atoms with E-state index in [4.69, 9.17) is 18.0 Å². The minimum absolute atomic E-state index is 0.116. The van der Waals surface area contributed by atoms with Gasteiger partial charge in [-0.3, -0.25) is 4.98 Å². The Morgan fingerprint density at radius 3 is 2.94 bits per heavy atom. The lowest BCUT2D eigenvalue weighted by atomic mass is 9.92. The van der Waals surface area contributed by atoms with Crippen molar-refractivity contribution >= 4 is 22.9 Å². The van der Waals surface area contributed by atoms with Crippen LogP contribution in [0.1, 0.15) is 31.4 Å². The van der Waals surface area contributed by atoms with Crippen LogP contribution in [0.15, 0.2) is 18.3 Å². The molecule has 2 rings (SSSR count). The fraction of sp³-hybridized carbons (Fsp3) is 0.500. The molecule has 0 radical (unpaired) electrons. The quantitative estimate of drug-likeness (QED) is 0.709. The average Bonchev–Trinajstić information content (AvgIpc) is 2.32. The van der Waals surface area contributed by atoms with E-state index in [2.05, 4.69) is 10.3 Å². The highest BCUT2D eigenvalue weighted by molar-refractivity contribution is 7.80. The van der Waals surface area contributed by atoms with Crippen LogP contribution in [0.2, 0.25) is 0 Å². The van der Waals surface area contributed by atoms with E-state index in [0.717, 1.165) is 31.4 Å². The molecule has 0 amide bonds. The zero-order chi connectivity index (χ0) is 12.3. The summed E-state index contributed by atoms with van der Waals surface area (Å²) in [5.74, 6) is 0. The van der Waals surface area contributed by atoms with Crippen LogP contribution in [-0.2, 0) is 0 Å². The highest BCUT2D eigenvalue weighted by Gasteiger charge is 2.22. The van der Waals surface area contributed by atoms with Gasteiger partial charge in [0.25, 0.3) is 0 Å². The van der Waals surface area contributed by atoms with Crippen LogP contribution in [0.25, 0.3) is 0 Å².